The summed E-state index contributed by atoms with van der Waals surface area (Å²) in [4.78, 5) is 14.1. The average molecular weight is 274 g/mol. The van der Waals surface area contributed by atoms with Gasteiger partial charge in [0.25, 0.3) is 0 Å². The highest BCUT2D eigenvalue weighted by Crippen LogP contribution is 2.22. The number of rotatable bonds is 6. The first-order chi connectivity index (χ1) is 9.65. The van der Waals surface area contributed by atoms with Crippen molar-refractivity contribution in [2.24, 2.45) is 0 Å². The predicted octanol–water partition coefficient (Wildman–Crippen LogP) is 2.52. The van der Waals surface area contributed by atoms with Crippen LogP contribution in [0.4, 0.5) is 0 Å². The molecule has 3 heteroatoms. The van der Waals surface area contributed by atoms with Crippen LogP contribution in [0.5, 0.6) is 0 Å². The number of carbonyl (C=O) groups is 1. The first-order valence-corrected chi connectivity index (χ1v) is 7.78. The van der Waals surface area contributed by atoms with E-state index in [0.29, 0.717) is 0 Å². The van der Waals surface area contributed by atoms with Crippen LogP contribution < -0.4 is 5.32 Å². The first kappa shape index (κ1) is 15.0. The highest BCUT2D eigenvalue weighted by atomic mass is 16.2. The first-order valence-electron chi connectivity index (χ1n) is 7.78. The van der Waals surface area contributed by atoms with Gasteiger partial charge in [0.2, 0.25) is 5.91 Å². The molecule has 0 heterocycles. The highest BCUT2D eigenvalue weighted by Gasteiger charge is 2.17. The summed E-state index contributed by atoms with van der Waals surface area (Å²) < 4.78 is 0. The van der Waals surface area contributed by atoms with Crippen molar-refractivity contribution in [3.8, 4) is 0 Å². The quantitative estimate of drug-likeness (QED) is 0.864. The smallest absolute Gasteiger partial charge is 0.239 e. The molecule has 1 unspecified atom stereocenters. The molecular weight excluding hydrogens is 248 g/mol. The monoisotopic (exact) mass is 274 g/mol. The summed E-state index contributed by atoms with van der Waals surface area (Å²) in [5.74, 6) is 0.191. The zero-order valence-corrected chi connectivity index (χ0v) is 12.9. The van der Waals surface area contributed by atoms with E-state index in [1.54, 1.807) is 0 Å². The molecule has 1 aliphatic carbocycles. The van der Waals surface area contributed by atoms with Gasteiger partial charge in [-0.15, -0.1) is 0 Å². The van der Waals surface area contributed by atoms with Gasteiger partial charge in [0.15, 0.2) is 0 Å². The molecule has 1 aliphatic rings. The van der Waals surface area contributed by atoms with Crippen LogP contribution in [-0.4, -0.2) is 29.9 Å². The summed E-state index contributed by atoms with van der Waals surface area (Å²) >= 11 is 0. The van der Waals surface area contributed by atoms with E-state index in [9.17, 15) is 4.79 Å². The summed E-state index contributed by atoms with van der Waals surface area (Å²) in [7, 11) is 0. The lowest BCUT2D eigenvalue weighted by atomic mass is 10.1. The van der Waals surface area contributed by atoms with Crippen molar-refractivity contribution >= 4 is 5.91 Å². The maximum Gasteiger partial charge on any atom is 0.239 e. The summed E-state index contributed by atoms with van der Waals surface area (Å²) in [5, 5.41) is 3.35. The van der Waals surface area contributed by atoms with Crippen LogP contribution in [0.3, 0.4) is 0 Å². The molecule has 0 fully saturated rings. The molecule has 3 nitrogen and oxygen atoms in total. The number of nitrogens with one attached hydrogen (secondary N) is 1. The van der Waals surface area contributed by atoms with Gasteiger partial charge in [0, 0.05) is 19.6 Å². The fraction of sp³-hybridized carbons (Fsp3) is 0.588. The normalized spacial score (nSPS) is 14.9. The van der Waals surface area contributed by atoms with E-state index in [0.717, 1.165) is 19.6 Å². The molecule has 1 aromatic carbocycles. The zero-order valence-electron chi connectivity index (χ0n) is 12.9. The SMILES string of the molecule is CCN(CC)C(=O)C(C)NCc1ccc2c(c1)CCC2. The number of aryl methyl sites for hydroxylation is 2. The molecule has 0 aliphatic heterocycles. The van der Waals surface area contributed by atoms with Crippen molar-refractivity contribution in [2.75, 3.05) is 13.1 Å². The molecule has 0 bridgehead atoms. The van der Waals surface area contributed by atoms with Gasteiger partial charge in [-0.2, -0.15) is 0 Å². The van der Waals surface area contributed by atoms with Gasteiger partial charge < -0.3 is 10.2 Å². The molecule has 1 atom stereocenters. The number of amides is 1. The molecule has 20 heavy (non-hydrogen) atoms. The van der Waals surface area contributed by atoms with Crippen LogP contribution in [0, 0.1) is 0 Å². The zero-order chi connectivity index (χ0) is 14.5. The number of benzene rings is 1. The maximum atomic E-state index is 12.2. The lowest BCUT2D eigenvalue weighted by Crippen LogP contribution is -2.44. The molecule has 1 aromatic rings. The maximum absolute atomic E-state index is 12.2. The van der Waals surface area contributed by atoms with Crippen LogP contribution in [0.15, 0.2) is 18.2 Å². The standard InChI is InChI=1S/C17H26N2O/c1-4-19(5-2)17(20)13(3)18-12-14-9-10-15-7-6-8-16(15)11-14/h9-11,13,18H,4-8,12H2,1-3H3. The fourth-order valence-corrected chi connectivity index (χ4v) is 2.90. The van der Waals surface area contributed by atoms with E-state index in [4.69, 9.17) is 0 Å². The lowest BCUT2D eigenvalue weighted by Gasteiger charge is -2.23. The van der Waals surface area contributed by atoms with E-state index < -0.39 is 0 Å². The number of fused-ring (bicyclic) bond motifs is 1. The minimum Gasteiger partial charge on any atom is -0.342 e. The topological polar surface area (TPSA) is 32.3 Å². The summed E-state index contributed by atoms with van der Waals surface area (Å²) in [6.07, 6.45) is 3.71. The van der Waals surface area contributed by atoms with Crippen LogP contribution in [0.1, 0.15) is 43.9 Å². The van der Waals surface area contributed by atoms with Crippen LogP contribution in [0.25, 0.3) is 0 Å². The lowest BCUT2D eigenvalue weighted by molar-refractivity contribution is -0.132. The van der Waals surface area contributed by atoms with Crippen molar-refractivity contribution in [1.82, 2.24) is 10.2 Å². The Morgan fingerprint density at radius 3 is 2.65 bits per heavy atom. The van der Waals surface area contributed by atoms with Gasteiger partial charge in [-0.25, -0.2) is 0 Å². The van der Waals surface area contributed by atoms with Crippen molar-refractivity contribution in [2.45, 2.75) is 52.6 Å². The van der Waals surface area contributed by atoms with Gasteiger partial charge in [-0.05, 0) is 56.7 Å². The third-order valence-corrected chi connectivity index (χ3v) is 4.22. The molecule has 0 aromatic heterocycles. The van der Waals surface area contributed by atoms with Crippen molar-refractivity contribution < 1.29 is 4.79 Å². The summed E-state index contributed by atoms with van der Waals surface area (Å²) in [6.45, 7) is 8.32. The Labute approximate surface area is 122 Å². The Kier molecular flexibility index (Phi) is 5.18. The largest absolute Gasteiger partial charge is 0.342 e. The van der Waals surface area contributed by atoms with Crippen LogP contribution in [-0.2, 0) is 24.2 Å². The van der Waals surface area contributed by atoms with E-state index in [2.05, 4.69) is 23.5 Å². The van der Waals surface area contributed by atoms with Gasteiger partial charge in [0.05, 0.1) is 6.04 Å². The molecule has 0 spiro atoms. The predicted molar refractivity (Wildman–Crippen MR) is 82.7 cm³/mol. The molecule has 0 saturated heterocycles. The van der Waals surface area contributed by atoms with E-state index in [1.165, 1.54) is 36.0 Å². The molecule has 110 valence electrons. The number of nitrogens with zero attached hydrogens (tertiary/aromatic N) is 1. The second-order valence-electron chi connectivity index (χ2n) is 5.57. The second-order valence-corrected chi connectivity index (χ2v) is 5.57. The second kappa shape index (κ2) is 6.89. The number of likely N-dealkylation sites (N-methyl/N-ethyl adjacent to an activating group) is 1. The Hall–Kier alpha value is -1.35. The van der Waals surface area contributed by atoms with E-state index in [1.807, 2.05) is 25.7 Å². The molecule has 1 amide bonds. The molecular formula is C17H26N2O. The average Bonchev–Trinajstić information content (AvgIpc) is 2.93. The van der Waals surface area contributed by atoms with Gasteiger partial charge in [0.1, 0.15) is 0 Å². The number of carbonyl (C=O) groups excluding carboxylic acids is 1. The molecule has 0 saturated carbocycles. The van der Waals surface area contributed by atoms with Gasteiger partial charge >= 0.3 is 0 Å². The molecule has 0 radical (unpaired) electrons. The van der Waals surface area contributed by atoms with Crippen molar-refractivity contribution in [3.63, 3.8) is 0 Å². The van der Waals surface area contributed by atoms with E-state index >= 15 is 0 Å². The minimum atomic E-state index is -0.122. The highest BCUT2D eigenvalue weighted by molar-refractivity contribution is 5.81. The molecule has 2 rings (SSSR count). The van der Waals surface area contributed by atoms with Gasteiger partial charge in [-0.3, -0.25) is 4.79 Å². The molecule has 1 N–H and O–H groups in total. The van der Waals surface area contributed by atoms with Crippen molar-refractivity contribution in [1.29, 1.82) is 0 Å². The summed E-state index contributed by atoms with van der Waals surface area (Å²) in [5.41, 5.74) is 4.28. The minimum absolute atomic E-state index is 0.122. The third kappa shape index (κ3) is 3.40. The number of hydrogen-bond donors (Lipinski definition) is 1. The van der Waals surface area contributed by atoms with Gasteiger partial charge in [-0.1, -0.05) is 18.2 Å². The Morgan fingerprint density at radius 2 is 1.95 bits per heavy atom. The Balaban J connectivity index is 1.90. The fourth-order valence-electron chi connectivity index (χ4n) is 2.90. The van der Waals surface area contributed by atoms with E-state index in [-0.39, 0.29) is 11.9 Å². The number of hydrogen-bond acceptors (Lipinski definition) is 2. The third-order valence-electron chi connectivity index (χ3n) is 4.22. The van der Waals surface area contributed by atoms with Crippen LogP contribution >= 0.6 is 0 Å². The van der Waals surface area contributed by atoms with Crippen molar-refractivity contribution in [3.05, 3.63) is 34.9 Å². The van der Waals surface area contributed by atoms with Crippen LogP contribution in [0.2, 0.25) is 0 Å². The Bertz CT molecular complexity index is 466. The summed E-state index contributed by atoms with van der Waals surface area (Å²) in [6, 6.07) is 6.61. The Morgan fingerprint density at radius 1 is 1.25 bits per heavy atom.